The van der Waals surface area contributed by atoms with Crippen LogP contribution >= 0.6 is 0 Å². The number of nitrogens with one attached hydrogen (secondary N) is 1. The Morgan fingerprint density at radius 3 is 2.67 bits per heavy atom. The van der Waals surface area contributed by atoms with Crippen molar-refractivity contribution in [1.29, 1.82) is 0 Å². The minimum absolute atomic E-state index is 0.0842. The monoisotopic (exact) mass is 423 g/mol. The first-order valence-electron chi connectivity index (χ1n) is 10.0. The topological polar surface area (TPSA) is 51.2 Å². The van der Waals surface area contributed by atoms with Crippen LogP contribution in [0.3, 0.4) is 0 Å². The zero-order valence-corrected chi connectivity index (χ0v) is 17.3. The molecule has 1 atom stereocenters. The van der Waals surface area contributed by atoms with Crippen LogP contribution in [-0.4, -0.2) is 79.4 Å². The van der Waals surface area contributed by atoms with Gasteiger partial charge in [0.1, 0.15) is 0 Å². The Labute approximate surface area is 175 Å². The van der Waals surface area contributed by atoms with Crippen LogP contribution in [0.25, 0.3) is 0 Å². The van der Waals surface area contributed by atoms with E-state index < -0.39 is 11.7 Å². The fourth-order valence-corrected chi connectivity index (χ4v) is 3.62. The zero-order valence-electron chi connectivity index (χ0n) is 17.3. The maximum absolute atomic E-state index is 13.0. The lowest BCUT2D eigenvalue weighted by Crippen LogP contribution is -2.46. The Morgan fingerprint density at radius 1 is 1.27 bits per heavy atom. The van der Waals surface area contributed by atoms with E-state index in [2.05, 4.69) is 32.3 Å². The van der Waals surface area contributed by atoms with Gasteiger partial charge in [0.15, 0.2) is 5.96 Å². The maximum Gasteiger partial charge on any atom is 0.416 e. The van der Waals surface area contributed by atoms with E-state index >= 15 is 0 Å². The number of alkyl halides is 3. The summed E-state index contributed by atoms with van der Waals surface area (Å²) in [6, 6.07) is 5.59. The van der Waals surface area contributed by atoms with E-state index in [9.17, 15) is 18.0 Å². The first-order chi connectivity index (χ1) is 14.2. The van der Waals surface area contributed by atoms with Crippen LogP contribution in [0.2, 0.25) is 0 Å². The molecule has 2 aliphatic heterocycles. The van der Waals surface area contributed by atoms with Gasteiger partial charge in [-0.15, -0.1) is 0 Å². The second-order valence-corrected chi connectivity index (χ2v) is 7.79. The number of rotatable bonds is 5. The number of likely N-dealkylation sites (tertiary alicyclic amines) is 1. The molecule has 1 aromatic carbocycles. The lowest BCUT2D eigenvalue weighted by atomic mass is 10.1. The van der Waals surface area contributed by atoms with E-state index in [0.717, 1.165) is 44.7 Å². The molecule has 0 aromatic heterocycles. The Hall–Kier alpha value is -2.55. The summed E-state index contributed by atoms with van der Waals surface area (Å²) in [6.45, 7) is 3.61. The van der Waals surface area contributed by atoms with Crippen molar-refractivity contribution in [3.05, 3.63) is 47.5 Å². The van der Waals surface area contributed by atoms with Gasteiger partial charge < -0.3 is 15.1 Å². The highest BCUT2D eigenvalue weighted by Gasteiger charge is 2.31. The van der Waals surface area contributed by atoms with Gasteiger partial charge in [-0.2, -0.15) is 13.2 Å². The Balaban J connectivity index is 1.71. The number of carbonyl (C=O) groups is 1. The van der Waals surface area contributed by atoms with Crippen molar-refractivity contribution in [1.82, 2.24) is 20.0 Å². The standard InChI is InChI=1S/C21H28F3N5O/c1-27(2)19(30)14-26-20(29-11-8-18(15-29)28-9-3-4-10-28)25-13-16-6-5-7-17(12-16)21(22,23)24/h3-7,12,18H,8-11,13-15H2,1-2H3,(H,25,26). The van der Waals surface area contributed by atoms with Gasteiger partial charge in [0, 0.05) is 46.3 Å². The molecule has 9 heteroatoms. The molecule has 0 aliphatic carbocycles. The summed E-state index contributed by atoms with van der Waals surface area (Å²) in [6.07, 6.45) is 0.900. The molecule has 0 radical (unpaired) electrons. The normalized spacial score (nSPS) is 20.1. The van der Waals surface area contributed by atoms with Gasteiger partial charge >= 0.3 is 6.18 Å². The lowest BCUT2D eigenvalue weighted by Gasteiger charge is -2.26. The van der Waals surface area contributed by atoms with Crippen LogP contribution in [0.1, 0.15) is 17.5 Å². The number of benzene rings is 1. The molecule has 2 aliphatic rings. The minimum Gasteiger partial charge on any atom is -0.347 e. The fraction of sp³-hybridized carbons (Fsp3) is 0.524. The van der Waals surface area contributed by atoms with Crippen molar-refractivity contribution >= 4 is 11.9 Å². The zero-order chi connectivity index (χ0) is 21.7. The molecule has 164 valence electrons. The minimum atomic E-state index is -4.38. The van der Waals surface area contributed by atoms with Gasteiger partial charge in [-0.25, -0.2) is 4.99 Å². The number of likely N-dealkylation sites (N-methyl/N-ethyl adjacent to an activating group) is 1. The molecule has 1 fully saturated rings. The van der Waals surface area contributed by atoms with Gasteiger partial charge in [-0.3, -0.25) is 9.69 Å². The molecule has 6 nitrogen and oxygen atoms in total. The Kier molecular flexibility index (Phi) is 7.02. The fourth-order valence-electron chi connectivity index (χ4n) is 3.62. The lowest BCUT2D eigenvalue weighted by molar-refractivity contribution is -0.137. The summed E-state index contributed by atoms with van der Waals surface area (Å²) >= 11 is 0. The molecule has 1 unspecified atom stereocenters. The van der Waals surface area contributed by atoms with Gasteiger partial charge in [0.2, 0.25) is 5.91 Å². The molecule has 0 bridgehead atoms. The molecule has 1 saturated heterocycles. The Morgan fingerprint density at radius 2 is 2.00 bits per heavy atom. The average Bonchev–Trinajstić information content (AvgIpc) is 3.39. The van der Waals surface area contributed by atoms with Crippen LogP contribution in [0, 0.1) is 0 Å². The van der Waals surface area contributed by atoms with Crippen LogP contribution < -0.4 is 5.32 Å². The van der Waals surface area contributed by atoms with Gasteiger partial charge in [-0.1, -0.05) is 24.3 Å². The van der Waals surface area contributed by atoms with Crippen molar-refractivity contribution in [2.45, 2.75) is 25.2 Å². The molecule has 0 saturated carbocycles. The van der Waals surface area contributed by atoms with Crippen LogP contribution in [0.4, 0.5) is 13.2 Å². The van der Waals surface area contributed by atoms with Crippen molar-refractivity contribution < 1.29 is 18.0 Å². The smallest absolute Gasteiger partial charge is 0.347 e. The number of amides is 1. The average molecular weight is 423 g/mol. The van der Waals surface area contributed by atoms with Crippen LogP contribution in [-0.2, 0) is 17.5 Å². The quantitative estimate of drug-likeness (QED) is 0.448. The van der Waals surface area contributed by atoms with Crippen LogP contribution in [0.5, 0.6) is 0 Å². The number of carbonyl (C=O) groups excluding carboxylic acids is 1. The van der Waals surface area contributed by atoms with Crippen molar-refractivity contribution in [3.8, 4) is 0 Å². The van der Waals surface area contributed by atoms with E-state index in [-0.39, 0.29) is 19.0 Å². The second kappa shape index (κ2) is 9.51. The highest BCUT2D eigenvalue weighted by molar-refractivity contribution is 5.86. The molecule has 0 spiro atoms. The van der Waals surface area contributed by atoms with Gasteiger partial charge in [0.25, 0.3) is 0 Å². The molecule has 30 heavy (non-hydrogen) atoms. The van der Waals surface area contributed by atoms with Crippen molar-refractivity contribution in [2.75, 3.05) is 46.8 Å². The maximum atomic E-state index is 13.0. The van der Waals surface area contributed by atoms with Crippen molar-refractivity contribution in [2.24, 2.45) is 4.99 Å². The van der Waals surface area contributed by atoms with Gasteiger partial charge in [-0.05, 0) is 24.1 Å². The second-order valence-electron chi connectivity index (χ2n) is 7.79. The summed E-state index contributed by atoms with van der Waals surface area (Å²) in [4.78, 5) is 22.5. The van der Waals surface area contributed by atoms with E-state index in [1.54, 1.807) is 20.2 Å². The summed E-state index contributed by atoms with van der Waals surface area (Å²) in [5.41, 5.74) is -0.210. The number of hydrogen-bond acceptors (Lipinski definition) is 3. The van der Waals surface area contributed by atoms with Crippen LogP contribution in [0.15, 0.2) is 41.4 Å². The summed E-state index contributed by atoms with van der Waals surface area (Å²) in [7, 11) is 3.35. The van der Waals surface area contributed by atoms with Crippen molar-refractivity contribution in [3.63, 3.8) is 0 Å². The third-order valence-corrected chi connectivity index (χ3v) is 5.39. The third kappa shape index (κ3) is 5.75. The van der Waals surface area contributed by atoms with E-state index in [4.69, 9.17) is 0 Å². The number of halogens is 3. The van der Waals surface area contributed by atoms with Gasteiger partial charge in [0.05, 0.1) is 18.7 Å². The van der Waals surface area contributed by atoms with E-state index in [0.29, 0.717) is 17.6 Å². The molecule has 1 amide bonds. The SMILES string of the molecule is CN(C)C(=O)CNC(=NCc1cccc(C(F)(F)F)c1)N1CCC(N2CC=CC2)C1. The summed E-state index contributed by atoms with van der Waals surface area (Å²) in [5, 5.41) is 3.10. The Bertz CT molecular complexity index is 798. The van der Waals surface area contributed by atoms with E-state index in [1.807, 2.05) is 0 Å². The number of aliphatic imine (C=N–C) groups is 1. The number of nitrogens with zero attached hydrogens (tertiary/aromatic N) is 4. The first-order valence-corrected chi connectivity index (χ1v) is 10.0. The predicted molar refractivity (Wildman–Crippen MR) is 110 cm³/mol. The predicted octanol–water partition coefficient (Wildman–Crippen LogP) is 2.19. The molecular formula is C21H28F3N5O. The highest BCUT2D eigenvalue weighted by Crippen LogP contribution is 2.29. The summed E-state index contributed by atoms with van der Waals surface area (Å²) < 4.78 is 38.9. The summed E-state index contributed by atoms with van der Waals surface area (Å²) in [5.74, 6) is 0.457. The molecule has 2 heterocycles. The van der Waals surface area contributed by atoms with E-state index in [1.165, 1.54) is 11.0 Å². The number of hydrogen-bond donors (Lipinski definition) is 1. The third-order valence-electron chi connectivity index (χ3n) is 5.39. The molecule has 1 N–H and O–H groups in total. The molecular weight excluding hydrogens is 395 g/mol. The number of guanidine groups is 1. The highest BCUT2D eigenvalue weighted by atomic mass is 19.4. The molecule has 1 aromatic rings. The first kappa shape index (κ1) is 22.1. The molecule has 3 rings (SSSR count). The largest absolute Gasteiger partial charge is 0.416 e.